The van der Waals surface area contributed by atoms with Crippen LogP contribution in [0.25, 0.3) is 0 Å². The second kappa shape index (κ2) is 13.3. The Balaban J connectivity index is 0.978. The van der Waals surface area contributed by atoms with Gasteiger partial charge in [0.05, 0.1) is 18.8 Å². The second-order valence-electron chi connectivity index (χ2n) is 18.4. The number of allylic oxidation sites excluding steroid dienone is 1. The summed E-state index contributed by atoms with van der Waals surface area (Å²) in [6.45, 7) is 12.5. The molecule has 4 saturated heterocycles. The minimum absolute atomic E-state index is 0.107. The molecule has 4 aliphatic carbocycles. The molecule has 7 fully saturated rings. The number of hydrogen-bond acceptors (Lipinski definition) is 11. The molecule has 0 spiro atoms. The normalized spacial score (nSPS) is 58.0. The van der Waals surface area contributed by atoms with Gasteiger partial charge in [-0.1, -0.05) is 39.3 Å². The summed E-state index contributed by atoms with van der Waals surface area (Å²) in [5.41, 5.74) is 1.96. The predicted octanol–water partition coefficient (Wildman–Crippen LogP) is 2.33. The third-order valence-electron chi connectivity index (χ3n) is 15.9. The molecule has 50 heavy (non-hydrogen) atoms. The van der Waals surface area contributed by atoms with Crippen LogP contribution in [0.2, 0.25) is 0 Å². The molecule has 0 aromatic carbocycles. The molecule has 8 rings (SSSR count). The lowest BCUT2D eigenvalue weighted by Crippen LogP contribution is -2.64. The van der Waals surface area contributed by atoms with Crippen molar-refractivity contribution in [1.29, 1.82) is 0 Å². The van der Waals surface area contributed by atoms with Crippen LogP contribution < -0.4 is 0 Å². The Hall–Kier alpha value is -0.700. The van der Waals surface area contributed by atoms with Gasteiger partial charge >= 0.3 is 0 Å². The summed E-state index contributed by atoms with van der Waals surface area (Å²) in [6, 6.07) is 1.52. The second-order valence-corrected chi connectivity index (χ2v) is 18.4. The van der Waals surface area contributed by atoms with E-state index < -0.39 is 68.0 Å². The first-order chi connectivity index (χ1) is 23.8. The maximum absolute atomic E-state index is 11.1. The van der Waals surface area contributed by atoms with E-state index in [1.54, 1.807) is 6.92 Å². The van der Waals surface area contributed by atoms with Gasteiger partial charge in [-0.3, -0.25) is 4.90 Å². The molecule has 21 atom stereocenters. The molecule has 0 amide bonds. The maximum atomic E-state index is 11.1. The van der Waals surface area contributed by atoms with Crippen LogP contribution in [0.3, 0.4) is 0 Å². The molecule has 11 heteroatoms. The first kappa shape index (κ1) is 36.3. The van der Waals surface area contributed by atoms with E-state index in [4.69, 9.17) is 18.9 Å². The van der Waals surface area contributed by atoms with Crippen LogP contribution in [0.1, 0.15) is 92.4 Å². The summed E-state index contributed by atoms with van der Waals surface area (Å²) in [6.07, 6.45) is -0.545. The van der Waals surface area contributed by atoms with Crippen molar-refractivity contribution in [2.45, 2.75) is 172 Å². The van der Waals surface area contributed by atoms with Crippen molar-refractivity contribution in [3.63, 3.8) is 0 Å². The van der Waals surface area contributed by atoms with Crippen molar-refractivity contribution in [2.24, 2.45) is 46.3 Å². The summed E-state index contributed by atoms with van der Waals surface area (Å²) >= 11 is 0. The van der Waals surface area contributed by atoms with Crippen molar-refractivity contribution in [3.05, 3.63) is 11.6 Å². The van der Waals surface area contributed by atoms with Gasteiger partial charge in [0.1, 0.15) is 42.7 Å². The molecule has 3 saturated carbocycles. The number of hydrogen-bond donors (Lipinski definition) is 6. The Morgan fingerprint density at radius 3 is 2.36 bits per heavy atom. The van der Waals surface area contributed by atoms with Crippen LogP contribution >= 0.6 is 0 Å². The average molecular weight is 706 g/mol. The molecule has 8 aliphatic rings. The molecule has 0 aromatic heterocycles. The summed E-state index contributed by atoms with van der Waals surface area (Å²) < 4.78 is 24.2. The zero-order valence-corrected chi connectivity index (χ0v) is 30.6. The third-order valence-corrected chi connectivity index (χ3v) is 15.9. The number of aliphatic hydroxyl groups excluding tert-OH is 6. The molecular weight excluding hydrogens is 642 g/mol. The predicted molar refractivity (Wildman–Crippen MR) is 182 cm³/mol. The monoisotopic (exact) mass is 705 g/mol. The molecule has 6 N–H and O–H groups in total. The highest BCUT2D eigenvalue weighted by atomic mass is 16.8. The van der Waals surface area contributed by atoms with Crippen LogP contribution in [0.5, 0.6) is 0 Å². The van der Waals surface area contributed by atoms with Gasteiger partial charge < -0.3 is 49.6 Å². The Morgan fingerprint density at radius 1 is 0.820 bits per heavy atom. The van der Waals surface area contributed by atoms with E-state index in [0.29, 0.717) is 17.3 Å². The minimum Gasteiger partial charge on any atom is -0.394 e. The molecule has 0 bridgehead atoms. The number of piperidine rings is 1. The molecule has 11 nitrogen and oxygen atoms in total. The molecule has 284 valence electrons. The highest BCUT2D eigenvalue weighted by Crippen LogP contribution is 2.70. The summed E-state index contributed by atoms with van der Waals surface area (Å²) in [5.74, 6) is 4.52. The first-order valence-electron chi connectivity index (χ1n) is 19.8. The van der Waals surface area contributed by atoms with Gasteiger partial charge in [0.15, 0.2) is 12.6 Å². The van der Waals surface area contributed by atoms with E-state index >= 15 is 0 Å². The number of aliphatic hydroxyl groups is 6. The quantitative estimate of drug-likeness (QED) is 0.233. The van der Waals surface area contributed by atoms with Gasteiger partial charge in [0.25, 0.3) is 0 Å². The van der Waals surface area contributed by atoms with Crippen molar-refractivity contribution in [2.75, 3.05) is 13.2 Å². The Labute approximate surface area is 297 Å². The lowest BCUT2D eigenvalue weighted by molar-refractivity contribution is -0.369. The van der Waals surface area contributed by atoms with Crippen molar-refractivity contribution >= 4 is 0 Å². The summed E-state index contributed by atoms with van der Waals surface area (Å²) in [5, 5.41) is 62.9. The van der Waals surface area contributed by atoms with Crippen molar-refractivity contribution in [1.82, 2.24) is 4.90 Å². The fourth-order valence-corrected chi connectivity index (χ4v) is 13.3. The highest BCUT2D eigenvalue weighted by Gasteiger charge is 2.66. The number of nitrogens with zero attached hydrogens (tertiary/aromatic N) is 1. The number of rotatable bonds is 5. The number of fused-ring (bicyclic) bond motifs is 9. The van der Waals surface area contributed by atoms with Crippen LogP contribution in [0.15, 0.2) is 11.6 Å². The first-order valence-corrected chi connectivity index (χ1v) is 19.8. The summed E-state index contributed by atoms with van der Waals surface area (Å²) in [4.78, 5) is 2.96. The number of ether oxygens (including phenoxy) is 4. The SMILES string of the molecule is C[C@H]1CC[C@@H]2[C@@H](C)[C@H]3[C@H](C[C@H]4[C@@H]5CC=C6C[C@@H](O[C@@H]7O[C@H](CO)[C@@H](O)[C@H](O)[C@H]7O[C@@H]7O[C@@H](C)[C@@H](O)[C@@H](O)[C@H]7O)CC[C@]6(C)[C@H]5CC[C@]34C)N2C1. The van der Waals surface area contributed by atoms with Crippen LogP contribution in [0, 0.1) is 46.3 Å². The van der Waals surface area contributed by atoms with Crippen molar-refractivity contribution in [3.8, 4) is 0 Å². The average Bonchev–Trinajstić information content (AvgIpc) is 3.56. The molecule has 0 unspecified atom stereocenters. The van der Waals surface area contributed by atoms with Crippen LogP contribution in [-0.2, 0) is 18.9 Å². The largest absolute Gasteiger partial charge is 0.394 e. The van der Waals surface area contributed by atoms with E-state index in [9.17, 15) is 30.6 Å². The van der Waals surface area contributed by atoms with E-state index in [1.165, 1.54) is 44.2 Å². The smallest absolute Gasteiger partial charge is 0.187 e. The highest BCUT2D eigenvalue weighted by molar-refractivity contribution is 5.27. The summed E-state index contributed by atoms with van der Waals surface area (Å²) in [7, 11) is 0. The zero-order valence-electron chi connectivity index (χ0n) is 30.6. The van der Waals surface area contributed by atoms with Crippen LogP contribution in [-0.4, -0.2) is 128 Å². The third kappa shape index (κ3) is 5.54. The lowest BCUT2D eigenvalue weighted by atomic mass is 9.47. The minimum atomic E-state index is -1.60. The molecule has 4 heterocycles. The molecular formula is C39H63NO10. The van der Waals surface area contributed by atoms with Gasteiger partial charge in [0.2, 0.25) is 0 Å². The van der Waals surface area contributed by atoms with Crippen molar-refractivity contribution < 1.29 is 49.6 Å². The zero-order chi connectivity index (χ0) is 35.4. The van der Waals surface area contributed by atoms with Gasteiger partial charge in [-0.05, 0) is 111 Å². The maximum Gasteiger partial charge on any atom is 0.187 e. The van der Waals surface area contributed by atoms with E-state index in [0.717, 1.165) is 61.4 Å². The Kier molecular flexibility index (Phi) is 9.62. The standard InChI is InChI=1S/C39H63NO10/c1-18-6-9-26-19(2)29-27(40(26)16-18)15-25-23-8-7-21-14-22(10-12-38(21,4)24(23)11-13-39(25,29)5)48-37-35(33(45)31(43)28(17-41)49-37)50-36-34(46)32(44)30(42)20(3)47-36/h7,18-20,22-37,41-46H,6,8-17H2,1-5H3/t18-,19+,20-,22-,23+,24-,25-,26+,27-,28+,29-,30+,31+,32+,33-,34+,35+,36-,37+,38-,39-/m0/s1. The van der Waals surface area contributed by atoms with Gasteiger partial charge in [-0.25, -0.2) is 0 Å². The Morgan fingerprint density at radius 2 is 1.60 bits per heavy atom. The Bertz CT molecular complexity index is 1290. The van der Waals surface area contributed by atoms with E-state index in [2.05, 4.69) is 38.7 Å². The topological polar surface area (TPSA) is 162 Å². The van der Waals surface area contributed by atoms with Crippen LogP contribution in [0.4, 0.5) is 0 Å². The van der Waals surface area contributed by atoms with Gasteiger partial charge in [-0.2, -0.15) is 0 Å². The van der Waals surface area contributed by atoms with E-state index in [-0.39, 0.29) is 11.5 Å². The van der Waals surface area contributed by atoms with Gasteiger partial charge in [0, 0.05) is 18.6 Å². The molecule has 4 aliphatic heterocycles. The fourth-order valence-electron chi connectivity index (χ4n) is 13.3. The fraction of sp³-hybridized carbons (Fsp3) is 0.949. The van der Waals surface area contributed by atoms with Gasteiger partial charge in [-0.15, -0.1) is 0 Å². The van der Waals surface area contributed by atoms with E-state index in [1.807, 2.05) is 0 Å². The molecule has 0 aromatic rings. The molecule has 0 radical (unpaired) electrons. The lowest BCUT2D eigenvalue weighted by Gasteiger charge is -2.58.